The zero-order chi connectivity index (χ0) is 15.0. The van der Waals surface area contributed by atoms with Gasteiger partial charge in [0.1, 0.15) is 5.82 Å². The van der Waals surface area contributed by atoms with Crippen molar-refractivity contribution < 1.29 is 18.7 Å². The van der Waals surface area contributed by atoms with Crippen molar-refractivity contribution in [1.29, 1.82) is 0 Å². The van der Waals surface area contributed by atoms with Crippen molar-refractivity contribution in [3.05, 3.63) is 52.3 Å². The van der Waals surface area contributed by atoms with E-state index >= 15 is 0 Å². The Morgan fingerprint density at radius 1 is 1.24 bits per heavy atom. The Balaban J connectivity index is 1.90. The summed E-state index contributed by atoms with van der Waals surface area (Å²) in [6, 6.07) is 7.43. The highest BCUT2D eigenvalue weighted by Gasteiger charge is 2.19. The van der Waals surface area contributed by atoms with Crippen LogP contribution < -0.4 is 14.8 Å². The summed E-state index contributed by atoms with van der Waals surface area (Å²) in [4.78, 5) is 12.2. The van der Waals surface area contributed by atoms with Crippen molar-refractivity contribution in [2.75, 3.05) is 12.1 Å². The molecule has 1 aliphatic rings. The molecule has 1 amide bonds. The number of aryl methyl sites for hydroxylation is 1. The van der Waals surface area contributed by atoms with Gasteiger partial charge in [-0.2, -0.15) is 0 Å². The molecule has 108 valence electrons. The Morgan fingerprint density at radius 2 is 1.95 bits per heavy atom. The lowest BCUT2D eigenvalue weighted by Gasteiger charge is -2.09. The molecular formula is C15H11ClFNO3. The fourth-order valence-electron chi connectivity index (χ4n) is 2.02. The van der Waals surface area contributed by atoms with Crippen LogP contribution in [-0.4, -0.2) is 12.7 Å². The number of nitrogens with one attached hydrogen (secondary N) is 1. The van der Waals surface area contributed by atoms with Crippen LogP contribution in [0.15, 0.2) is 30.3 Å². The average molecular weight is 308 g/mol. The van der Waals surface area contributed by atoms with Crippen LogP contribution in [0.3, 0.4) is 0 Å². The quantitative estimate of drug-likeness (QED) is 0.918. The van der Waals surface area contributed by atoms with Crippen molar-refractivity contribution in [3.8, 4) is 11.5 Å². The lowest BCUT2D eigenvalue weighted by Crippen LogP contribution is -2.14. The maximum atomic E-state index is 13.7. The molecule has 0 bridgehead atoms. The number of hydrogen-bond acceptors (Lipinski definition) is 3. The normalized spacial score (nSPS) is 12.3. The fourth-order valence-corrected chi connectivity index (χ4v) is 2.22. The maximum Gasteiger partial charge on any atom is 0.258 e. The van der Waals surface area contributed by atoms with Gasteiger partial charge in [-0.25, -0.2) is 4.39 Å². The van der Waals surface area contributed by atoms with Crippen LogP contribution in [0, 0.1) is 12.7 Å². The van der Waals surface area contributed by atoms with Crippen LogP contribution in [0.25, 0.3) is 0 Å². The molecule has 2 aromatic rings. The van der Waals surface area contributed by atoms with E-state index < -0.39 is 11.7 Å². The van der Waals surface area contributed by atoms with Crippen LogP contribution in [0.2, 0.25) is 5.02 Å². The van der Waals surface area contributed by atoms with E-state index in [4.69, 9.17) is 21.1 Å². The number of anilines is 1. The molecule has 1 heterocycles. The molecule has 0 saturated carbocycles. The predicted molar refractivity (Wildman–Crippen MR) is 76.7 cm³/mol. The van der Waals surface area contributed by atoms with E-state index in [1.54, 1.807) is 25.1 Å². The molecule has 2 aromatic carbocycles. The number of carbonyl (C=O) groups is 1. The summed E-state index contributed by atoms with van der Waals surface area (Å²) in [7, 11) is 0. The van der Waals surface area contributed by atoms with E-state index in [0.717, 1.165) is 5.56 Å². The van der Waals surface area contributed by atoms with Gasteiger partial charge in [0.25, 0.3) is 5.91 Å². The van der Waals surface area contributed by atoms with E-state index in [1.165, 1.54) is 12.1 Å². The number of fused-ring (bicyclic) bond motifs is 1. The number of benzene rings is 2. The van der Waals surface area contributed by atoms with Gasteiger partial charge < -0.3 is 14.8 Å². The van der Waals surface area contributed by atoms with Gasteiger partial charge in [-0.1, -0.05) is 23.2 Å². The highest BCUT2D eigenvalue weighted by Crippen LogP contribution is 2.39. The number of halogens is 2. The van der Waals surface area contributed by atoms with Crippen LogP contribution in [0.4, 0.5) is 10.1 Å². The molecule has 3 rings (SSSR count). The number of hydrogen-bond donors (Lipinski definition) is 1. The van der Waals surface area contributed by atoms with E-state index in [9.17, 15) is 9.18 Å². The van der Waals surface area contributed by atoms with Crippen LogP contribution in [0.5, 0.6) is 11.5 Å². The molecule has 1 aliphatic heterocycles. The molecule has 1 N–H and O–H groups in total. The van der Waals surface area contributed by atoms with Crippen LogP contribution >= 0.6 is 11.6 Å². The molecule has 0 saturated heterocycles. The number of carbonyl (C=O) groups excluding carboxylic acids is 1. The number of ether oxygens (including phenoxy) is 2. The van der Waals surface area contributed by atoms with Crippen molar-refractivity contribution in [1.82, 2.24) is 0 Å². The molecule has 0 aliphatic carbocycles. The molecular weight excluding hydrogens is 297 g/mol. The summed E-state index contributed by atoms with van der Waals surface area (Å²) in [5.41, 5.74) is 1.09. The van der Waals surface area contributed by atoms with Crippen molar-refractivity contribution in [3.63, 3.8) is 0 Å². The lowest BCUT2D eigenvalue weighted by atomic mass is 10.1. The highest BCUT2D eigenvalue weighted by atomic mass is 35.5. The molecule has 0 spiro atoms. The first-order valence-corrected chi connectivity index (χ1v) is 6.59. The minimum atomic E-state index is -0.588. The second-order valence-corrected chi connectivity index (χ2v) is 5.03. The standard InChI is InChI=1S/C15H11ClFNO3/c1-8-2-3-11(17)9(4-8)15(19)18-12-6-14-13(5-10(12)16)20-7-21-14/h2-6H,7H2,1H3,(H,18,19). The van der Waals surface area contributed by atoms with Crippen LogP contribution in [-0.2, 0) is 0 Å². The zero-order valence-electron chi connectivity index (χ0n) is 11.1. The molecule has 0 fully saturated rings. The minimum Gasteiger partial charge on any atom is -0.454 e. The fraction of sp³-hybridized carbons (Fsp3) is 0.133. The number of rotatable bonds is 2. The maximum absolute atomic E-state index is 13.7. The van der Waals surface area contributed by atoms with Gasteiger partial charge in [-0.3, -0.25) is 4.79 Å². The van der Waals surface area contributed by atoms with E-state index in [-0.39, 0.29) is 12.4 Å². The zero-order valence-corrected chi connectivity index (χ0v) is 11.8. The van der Waals surface area contributed by atoms with Crippen molar-refractivity contribution in [2.24, 2.45) is 0 Å². The second-order valence-electron chi connectivity index (χ2n) is 4.62. The number of amides is 1. The molecule has 0 unspecified atom stereocenters. The molecule has 6 heteroatoms. The predicted octanol–water partition coefficient (Wildman–Crippen LogP) is 3.77. The lowest BCUT2D eigenvalue weighted by molar-refractivity contribution is 0.102. The summed E-state index contributed by atoms with van der Waals surface area (Å²) >= 11 is 6.07. The van der Waals surface area contributed by atoms with E-state index in [2.05, 4.69) is 5.32 Å². The summed E-state index contributed by atoms with van der Waals surface area (Å²) in [5.74, 6) is -0.161. The Labute approximate surface area is 125 Å². The monoisotopic (exact) mass is 307 g/mol. The Bertz CT molecular complexity index is 733. The average Bonchev–Trinajstić information content (AvgIpc) is 2.88. The smallest absolute Gasteiger partial charge is 0.258 e. The molecule has 0 atom stereocenters. The van der Waals surface area contributed by atoms with Gasteiger partial charge in [0.2, 0.25) is 6.79 Å². The van der Waals surface area contributed by atoms with Gasteiger partial charge in [-0.05, 0) is 19.1 Å². The SMILES string of the molecule is Cc1ccc(F)c(C(=O)Nc2cc3c(cc2Cl)OCO3)c1. The highest BCUT2D eigenvalue weighted by molar-refractivity contribution is 6.34. The van der Waals surface area contributed by atoms with E-state index in [0.29, 0.717) is 22.2 Å². The summed E-state index contributed by atoms with van der Waals surface area (Å²) in [6.07, 6.45) is 0. The van der Waals surface area contributed by atoms with E-state index in [1.807, 2.05) is 0 Å². The summed E-state index contributed by atoms with van der Waals surface area (Å²) in [6.45, 7) is 1.89. The molecule has 0 radical (unpaired) electrons. The van der Waals surface area contributed by atoms with Crippen LogP contribution in [0.1, 0.15) is 15.9 Å². The summed E-state index contributed by atoms with van der Waals surface area (Å²) < 4.78 is 24.1. The third-order valence-electron chi connectivity index (χ3n) is 3.08. The largest absolute Gasteiger partial charge is 0.454 e. The minimum absolute atomic E-state index is 0.0382. The third kappa shape index (κ3) is 2.64. The van der Waals surface area contributed by atoms with Gasteiger partial charge in [0.15, 0.2) is 11.5 Å². The first-order valence-electron chi connectivity index (χ1n) is 6.21. The molecule has 0 aromatic heterocycles. The molecule has 21 heavy (non-hydrogen) atoms. The van der Waals surface area contributed by atoms with Gasteiger partial charge in [0, 0.05) is 12.1 Å². The summed E-state index contributed by atoms with van der Waals surface area (Å²) in [5, 5.41) is 2.87. The second kappa shape index (κ2) is 5.26. The van der Waals surface area contributed by atoms with Gasteiger partial charge in [0.05, 0.1) is 16.3 Å². The van der Waals surface area contributed by atoms with Crippen molar-refractivity contribution in [2.45, 2.75) is 6.92 Å². The van der Waals surface area contributed by atoms with Gasteiger partial charge in [-0.15, -0.1) is 0 Å². The Kier molecular flexibility index (Phi) is 3.43. The van der Waals surface area contributed by atoms with Gasteiger partial charge >= 0.3 is 0 Å². The van der Waals surface area contributed by atoms with Crippen molar-refractivity contribution >= 4 is 23.2 Å². The molecule has 4 nitrogen and oxygen atoms in total. The first kappa shape index (κ1) is 13.7. The topological polar surface area (TPSA) is 47.6 Å². The first-order chi connectivity index (χ1) is 10.0. The Hall–Kier alpha value is -2.27. The Morgan fingerprint density at radius 3 is 2.71 bits per heavy atom. The third-order valence-corrected chi connectivity index (χ3v) is 3.39.